The molecule has 0 aromatic heterocycles. The molecule has 4 heteroatoms. The summed E-state index contributed by atoms with van der Waals surface area (Å²) >= 11 is 1.70. The fourth-order valence-electron chi connectivity index (χ4n) is 2.33. The minimum absolute atomic E-state index is 0.0517. The summed E-state index contributed by atoms with van der Waals surface area (Å²) in [7, 11) is 0. The standard InChI is InChI=1S/C19H23NO2S/c1-3-22-18-7-5-4-6-16(18)12-13-20-19(21)14-15-8-10-17(23-2)11-9-15/h4-11H,3,12-14H2,1-2H3,(H,20,21). The molecule has 122 valence electrons. The number of para-hydroxylation sites is 1. The van der Waals surface area contributed by atoms with Gasteiger partial charge in [-0.15, -0.1) is 11.8 Å². The molecule has 0 heterocycles. The molecular formula is C19H23NO2S. The zero-order chi connectivity index (χ0) is 16.5. The van der Waals surface area contributed by atoms with Crippen molar-refractivity contribution in [2.45, 2.75) is 24.7 Å². The van der Waals surface area contributed by atoms with Crippen LogP contribution in [-0.4, -0.2) is 25.3 Å². The van der Waals surface area contributed by atoms with Crippen LogP contribution in [-0.2, 0) is 17.6 Å². The van der Waals surface area contributed by atoms with E-state index >= 15 is 0 Å². The van der Waals surface area contributed by atoms with Crippen molar-refractivity contribution in [1.82, 2.24) is 5.32 Å². The summed E-state index contributed by atoms with van der Waals surface area (Å²) in [5.74, 6) is 0.952. The maximum Gasteiger partial charge on any atom is 0.224 e. The van der Waals surface area contributed by atoms with Gasteiger partial charge in [0.05, 0.1) is 13.0 Å². The third kappa shape index (κ3) is 5.64. The van der Waals surface area contributed by atoms with Gasteiger partial charge in [-0.2, -0.15) is 0 Å². The van der Waals surface area contributed by atoms with Gasteiger partial charge >= 0.3 is 0 Å². The molecule has 0 saturated heterocycles. The van der Waals surface area contributed by atoms with Crippen molar-refractivity contribution in [1.29, 1.82) is 0 Å². The molecular weight excluding hydrogens is 306 g/mol. The smallest absolute Gasteiger partial charge is 0.224 e. The summed E-state index contributed by atoms with van der Waals surface area (Å²) in [5.41, 5.74) is 2.16. The van der Waals surface area contributed by atoms with Gasteiger partial charge in [-0.25, -0.2) is 0 Å². The monoisotopic (exact) mass is 329 g/mol. The Morgan fingerprint density at radius 1 is 1.13 bits per heavy atom. The fourth-order valence-corrected chi connectivity index (χ4v) is 2.74. The molecule has 0 saturated carbocycles. The first kappa shape index (κ1) is 17.4. The quantitative estimate of drug-likeness (QED) is 0.750. The fraction of sp³-hybridized carbons (Fsp3) is 0.316. The molecule has 0 unspecified atom stereocenters. The molecule has 23 heavy (non-hydrogen) atoms. The molecule has 0 radical (unpaired) electrons. The highest BCUT2D eigenvalue weighted by Crippen LogP contribution is 2.18. The van der Waals surface area contributed by atoms with Crippen LogP contribution in [0.2, 0.25) is 0 Å². The molecule has 0 aliphatic heterocycles. The molecule has 2 aromatic carbocycles. The van der Waals surface area contributed by atoms with Crippen molar-refractivity contribution in [2.75, 3.05) is 19.4 Å². The number of hydrogen-bond acceptors (Lipinski definition) is 3. The Kier molecular flexibility index (Phi) is 7.01. The first-order valence-electron chi connectivity index (χ1n) is 7.83. The second kappa shape index (κ2) is 9.26. The number of amides is 1. The average Bonchev–Trinajstić information content (AvgIpc) is 2.57. The van der Waals surface area contributed by atoms with E-state index in [2.05, 4.69) is 5.32 Å². The Labute approximate surface area is 142 Å². The van der Waals surface area contributed by atoms with Crippen LogP contribution in [0.15, 0.2) is 53.4 Å². The van der Waals surface area contributed by atoms with Gasteiger partial charge in [0, 0.05) is 11.4 Å². The number of ether oxygens (including phenoxy) is 1. The summed E-state index contributed by atoms with van der Waals surface area (Å²) in [4.78, 5) is 13.2. The molecule has 0 aliphatic carbocycles. The molecule has 0 bridgehead atoms. The molecule has 3 nitrogen and oxygen atoms in total. The highest BCUT2D eigenvalue weighted by molar-refractivity contribution is 7.98. The lowest BCUT2D eigenvalue weighted by atomic mass is 10.1. The molecule has 0 aliphatic rings. The lowest BCUT2D eigenvalue weighted by molar-refractivity contribution is -0.120. The van der Waals surface area contributed by atoms with Crippen molar-refractivity contribution < 1.29 is 9.53 Å². The van der Waals surface area contributed by atoms with Crippen LogP contribution in [0.25, 0.3) is 0 Å². The Balaban J connectivity index is 1.80. The van der Waals surface area contributed by atoms with Crippen LogP contribution < -0.4 is 10.1 Å². The largest absolute Gasteiger partial charge is 0.494 e. The number of rotatable bonds is 8. The van der Waals surface area contributed by atoms with Crippen molar-refractivity contribution in [3.8, 4) is 5.75 Å². The van der Waals surface area contributed by atoms with E-state index in [0.717, 1.165) is 23.3 Å². The number of carbonyl (C=O) groups excluding carboxylic acids is 1. The van der Waals surface area contributed by atoms with E-state index in [4.69, 9.17) is 4.74 Å². The van der Waals surface area contributed by atoms with Gasteiger partial charge in [0.2, 0.25) is 5.91 Å². The highest BCUT2D eigenvalue weighted by atomic mass is 32.2. The van der Waals surface area contributed by atoms with E-state index in [0.29, 0.717) is 19.6 Å². The SMILES string of the molecule is CCOc1ccccc1CCNC(=O)Cc1ccc(SC)cc1. The molecule has 2 aromatic rings. The highest BCUT2D eigenvalue weighted by Gasteiger charge is 2.05. The van der Waals surface area contributed by atoms with E-state index in [-0.39, 0.29) is 5.91 Å². The summed E-state index contributed by atoms with van der Waals surface area (Å²) < 4.78 is 5.60. The second-order valence-corrected chi connectivity index (χ2v) is 6.05. The Bertz CT molecular complexity index is 626. The van der Waals surface area contributed by atoms with Gasteiger partial charge in [-0.05, 0) is 48.9 Å². The Hall–Kier alpha value is -1.94. The van der Waals surface area contributed by atoms with Crippen molar-refractivity contribution in [2.24, 2.45) is 0 Å². The van der Waals surface area contributed by atoms with Gasteiger partial charge in [-0.3, -0.25) is 4.79 Å². The molecule has 0 atom stereocenters. The Morgan fingerprint density at radius 2 is 1.87 bits per heavy atom. The van der Waals surface area contributed by atoms with E-state index in [1.807, 2.05) is 61.7 Å². The number of benzene rings is 2. The minimum Gasteiger partial charge on any atom is -0.494 e. The van der Waals surface area contributed by atoms with Crippen LogP contribution in [0.1, 0.15) is 18.1 Å². The van der Waals surface area contributed by atoms with E-state index in [1.165, 1.54) is 4.90 Å². The maximum absolute atomic E-state index is 12.0. The topological polar surface area (TPSA) is 38.3 Å². The number of nitrogens with one attached hydrogen (secondary N) is 1. The minimum atomic E-state index is 0.0517. The molecule has 1 N–H and O–H groups in total. The van der Waals surface area contributed by atoms with Gasteiger partial charge in [0.25, 0.3) is 0 Å². The van der Waals surface area contributed by atoms with E-state index in [1.54, 1.807) is 11.8 Å². The molecule has 0 fully saturated rings. The van der Waals surface area contributed by atoms with Crippen LogP contribution in [0.5, 0.6) is 5.75 Å². The van der Waals surface area contributed by atoms with E-state index < -0.39 is 0 Å². The predicted octanol–water partition coefficient (Wildman–Crippen LogP) is 3.71. The average molecular weight is 329 g/mol. The summed E-state index contributed by atoms with van der Waals surface area (Å²) in [6.45, 7) is 3.24. The third-order valence-corrected chi connectivity index (χ3v) is 4.26. The van der Waals surface area contributed by atoms with E-state index in [9.17, 15) is 4.79 Å². The third-order valence-electron chi connectivity index (χ3n) is 3.51. The number of carbonyl (C=O) groups is 1. The first-order valence-corrected chi connectivity index (χ1v) is 9.05. The van der Waals surface area contributed by atoms with Gasteiger partial charge in [-0.1, -0.05) is 30.3 Å². The number of hydrogen-bond donors (Lipinski definition) is 1. The van der Waals surface area contributed by atoms with Gasteiger partial charge in [0.15, 0.2) is 0 Å². The predicted molar refractivity (Wildman–Crippen MR) is 96.3 cm³/mol. The maximum atomic E-state index is 12.0. The van der Waals surface area contributed by atoms with Crippen LogP contribution >= 0.6 is 11.8 Å². The molecule has 2 rings (SSSR count). The lowest BCUT2D eigenvalue weighted by Gasteiger charge is -2.10. The van der Waals surface area contributed by atoms with Crippen molar-refractivity contribution in [3.05, 3.63) is 59.7 Å². The van der Waals surface area contributed by atoms with Gasteiger partial charge in [0.1, 0.15) is 5.75 Å². The second-order valence-electron chi connectivity index (χ2n) is 5.17. The summed E-state index contributed by atoms with van der Waals surface area (Å²) in [6, 6.07) is 16.1. The Morgan fingerprint density at radius 3 is 2.57 bits per heavy atom. The van der Waals surface area contributed by atoms with Crippen LogP contribution in [0.3, 0.4) is 0 Å². The first-order chi connectivity index (χ1) is 11.2. The zero-order valence-corrected chi connectivity index (χ0v) is 14.5. The normalized spacial score (nSPS) is 10.3. The zero-order valence-electron chi connectivity index (χ0n) is 13.7. The summed E-state index contributed by atoms with van der Waals surface area (Å²) in [5, 5.41) is 2.98. The van der Waals surface area contributed by atoms with Crippen molar-refractivity contribution in [3.63, 3.8) is 0 Å². The molecule has 0 spiro atoms. The molecule has 1 amide bonds. The van der Waals surface area contributed by atoms with Gasteiger partial charge < -0.3 is 10.1 Å². The summed E-state index contributed by atoms with van der Waals surface area (Å²) in [6.07, 6.45) is 3.23. The lowest BCUT2D eigenvalue weighted by Crippen LogP contribution is -2.27. The van der Waals surface area contributed by atoms with Crippen LogP contribution in [0.4, 0.5) is 0 Å². The number of thioether (sulfide) groups is 1. The van der Waals surface area contributed by atoms with Crippen molar-refractivity contribution >= 4 is 17.7 Å². The van der Waals surface area contributed by atoms with Crippen LogP contribution in [0, 0.1) is 0 Å².